The Morgan fingerprint density at radius 3 is 2.86 bits per heavy atom. The minimum absolute atomic E-state index is 0.288. The molecule has 4 rings (SSSR count). The molecule has 1 spiro atoms. The average Bonchev–Trinajstić information content (AvgIpc) is 2.46. The highest BCUT2D eigenvalue weighted by atomic mass is 32.1. The molecule has 0 aromatic carbocycles. The number of nitrogens with one attached hydrogen (secondary N) is 1. The van der Waals surface area contributed by atoms with E-state index in [0.29, 0.717) is 5.92 Å². The number of fused-ring (bicyclic) bond motifs is 3. The highest BCUT2D eigenvalue weighted by molar-refractivity contribution is 7.80. The van der Waals surface area contributed by atoms with E-state index in [4.69, 9.17) is 21.7 Å². The summed E-state index contributed by atoms with van der Waals surface area (Å²) in [7, 11) is 0. The molecule has 4 fully saturated rings. The molecule has 1 saturated carbocycles. The SMILES string of the molecule is S=C1C[C@@H]2CC[C@H](N1)C1(C2)OCCO1. The lowest BCUT2D eigenvalue weighted by Gasteiger charge is -2.39. The molecule has 1 N–H and O–H groups in total. The summed E-state index contributed by atoms with van der Waals surface area (Å²) in [6.45, 7) is 1.47. The Morgan fingerprint density at radius 2 is 2.07 bits per heavy atom. The van der Waals surface area contributed by atoms with Gasteiger partial charge in [-0.1, -0.05) is 12.2 Å². The molecule has 0 unspecified atom stereocenters. The van der Waals surface area contributed by atoms with E-state index >= 15 is 0 Å². The minimum atomic E-state index is -0.344. The van der Waals surface area contributed by atoms with E-state index in [1.807, 2.05) is 0 Å². The second kappa shape index (κ2) is 3.15. The summed E-state index contributed by atoms with van der Waals surface area (Å²) in [6, 6.07) is 0.288. The first-order chi connectivity index (χ1) is 6.78. The topological polar surface area (TPSA) is 30.5 Å². The Kier molecular flexibility index (Phi) is 2.04. The van der Waals surface area contributed by atoms with Gasteiger partial charge in [0, 0.05) is 12.8 Å². The van der Waals surface area contributed by atoms with Crippen molar-refractivity contribution in [3.05, 3.63) is 0 Å². The van der Waals surface area contributed by atoms with Crippen LogP contribution in [0.2, 0.25) is 0 Å². The van der Waals surface area contributed by atoms with Gasteiger partial charge in [0.1, 0.15) is 0 Å². The molecule has 4 aliphatic rings. The Morgan fingerprint density at radius 1 is 1.29 bits per heavy atom. The Labute approximate surface area is 89.1 Å². The summed E-state index contributed by atoms with van der Waals surface area (Å²) in [5, 5.41) is 3.38. The van der Waals surface area contributed by atoms with Gasteiger partial charge in [0.25, 0.3) is 0 Å². The minimum Gasteiger partial charge on any atom is -0.371 e. The van der Waals surface area contributed by atoms with E-state index in [9.17, 15) is 0 Å². The van der Waals surface area contributed by atoms with Crippen molar-refractivity contribution < 1.29 is 9.47 Å². The van der Waals surface area contributed by atoms with Gasteiger partial charge in [-0.15, -0.1) is 0 Å². The lowest BCUT2D eigenvalue weighted by molar-refractivity contribution is -0.198. The van der Waals surface area contributed by atoms with Crippen molar-refractivity contribution in [3.8, 4) is 0 Å². The zero-order chi connectivity index (χ0) is 9.60. The van der Waals surface area contributed by atoms with Crippen molar-refractivity contribution in [1.29, 1.82) is 0 Å². The number of ether oxygens (including phenoxy) is 2. The number of thiocarbonyl (C=S) groups is 1. The summed E-state index contributed by atoms with van der Waals surface area (Å²) in [4.78, 5) is 0.994. The van der Waals surface area contributed by atoms with Crippen LogP contribution in [0.25, 0.3) is 0 Å². The largest absolute Gasteiger partial charge is 0.371 e. The molecule has 14 heavy (non-hydrogen) atoms. The second-order valence-electron chi connectivity index (χ2n) is 4.48. The highest BCUT2D eigenvalue weighted by Gasteiger charge is 2.50. The van der Waals surface area contributed by atoms with E-state index in [1.165, 1.54) is 6.42 Å². The predicted octanol–water partition coefficient (Wildman–Crippen LogP) is 1.22. The Hall–Kier alpha value is -0.190. The summed E-state index contributed by atoms with van der Waals surface area (Å²) < 4.78 is 11.6. The number of hydrogen-bond donors (Lipinski definition) is 1. The van der Waals surface area contributed by atoms with E-state index in [2.05, 4.69) is 5.32 Å². The van der Waals surface area contributed by atoms with Crippen LogP contribution in [0.3, 0.4) is 0 Å². The maximum absolute atomic E-state index is 5.80. The van der Waals surface area contributed by atoms with E-state index in [0.717, 1.165) is 37.5 Å². The maximum atomic E-state index is 5.80. The first kappa shape index (κ1) is 9.07. The Balaban J connectivity index is 1.90. The summed E-state index contributed by atoms with van der Waals surface area (Å²) in [5.74, 6) is 0.315. The van der Waals surface area contributed by atoms with Crippen LogP contribution >= 0.6 is 12.2 Å². The highest BCUT2D eigenvalue weighted by Crippen LogP contribution is 2.42. The third kappa shape index (κ3) is 1.28. The lowest BCUT2D eigenvalue weighted by Crippen LogP contribution is -2.53. The predicted molar refractivity (Wildman–Crippen MR) is 56.1 cm³/mol. The monoisotopic (exact) mass is 213 g/mol. The third-order valence-corrected chi connectivity index (χ3v) is 3.84. The molecule has 3 saturated heterocycles. The van der Waals surface area contributed by atoms with Crippen LogP contribution < -0.4 is 5.32 Å². The number of rotatable bonds is 0. The van der Waals surface area contributed by atoms with Crippen LogP contribution in [0, 0.1) is 5.92 Å². The number of hydrogen-bond acceptors (Lipinski definition) is 3. The molecule has 78 valence electrons. The molecular weight excluding hydrogens is 198 g/mol. The van der Waals surface area contributed by atoms with Gasteiger partial charge in [0.15, 0.2) is 5.79 Å². The molecule has 3 nitrogen and oxygen atoms in total. The quantitative estimate of drug-likeness (QED) is 0.613. The van der Waals surface area contributed by atoms with Crippen LogP contribution in [0.15, 0.2) is 0 Å². The van der Waals surface area contributed by atoms with Crippen molar-refractivity contribution in [2.45, 2.75) is 37.5 Å². The first-order valence-corrected chi connectivity index (χ1v) is 5.77. The molecule has 2 atom stereocenters. The van der Waals surface area contributed by atoms with Crippen LogP contribution in [0.5, 0.6) is 0 Å². The van der Waals surface area contributed by atoms with Crippen LogP contribution in [-0.4, -0.2) is 30.0 Å². The normalized spacial score (nSPS) is 39.9. The fourth-order valence-electron chi connectivity index (χ4n) is 2.93. The molecule has 0 aromatic rings. The van der Waals surface area contributed by atoms with Gasteiger partial charge in [-0.25, -0.2) is 0 Å². The van der Waals surface area contributed by atoms with Gasteiger partial charge in [-0.2, -0.15) is 0 Å². The fraction of sp³-hybridized carbons (Fsp3) is 0.900. The molecule has 1 aliphatic carbocycles. The van der Waals surface area contributed by atoms with Crippen LogP contribution in [-0.2, 0) is 9.47 Å². The van der Waals surface area contributed by atoms with Gasteiger partial charge < -0.3 is 14.8 Å². The standard InChI is InChI=1S/C10H15NO2S/c14-9-5-7-1-2-8(11-9)10(6-7)12-3-4-13-10/h7-8H,1-6H2,(H,11,14)/t7-,8-/m0/s1. The van der Waals surface area contributed by atoms with Crippen molar-refractivity contribution in [2.75, 3.05) is 13.2 Å². The van der Waals surface area contributed by atoms with Gasteiger partial charge >= 0.3 is 0 Å². The van der Waals surface area contributed by atoms with Crippen LogP contribution in [0.4, 0.5) is 0 Å². The molecule has 2 bridgehead atoms. The molecule has 3 heterocycles. The third-order valence-electron chi connectivity index (χ3n) is 3.55. The molecule has 0 aromatic heterocycles. The van der Waals surface area contributed by atoms with Crippen LogP contribution in [0.1, 0.15) is 25.7 Å². The lowest BCUT2D eigenvalue weighted by atomic mass is 9.82. The summed E-state index contributed by atoms with van der Waals surface area (Å²) in [6.07, 6.45) is 4.42. The van der Waals surface area contributed by atoms with Gasteiger partial charge in [-0.3, -0.25) is 0 Å². The van der Waals surface area contributed by atoms with Gasteiger partial charge in [0.05, 0.1) is 24.2 Å². The summed E-state index contributed by atoms with van der Waals surface area (Å²) >= 11 is 5.28. The zero-order valence-corrected chi connectivity index (χ0v) is 8.94. The van der Waals surface area contributed by atoms with E-state index < -0.39 is 0 Å². The summed E-state index contributed by atoms with van der Waals surface area (Å²) in [5.41, 5.74) is 0. The van der Waals surface area contributed by atoms with Crippen molar-refractivity contribution in [1.82, 2.24) is 5.32 Å². The van der Waals surface area contributed by atoms with Crippen molar-refractivity contribution in [3.63, 3.8) is 0 Å². The molecule has 0 radical (unpaired) electrons. The van der Waals surface area contributed by atoms with Crippen molar-refractivity contribution in [2.24, 2.45) is 5.92 Å². The van der Waals surface area contributed by atoms with Gasteiger partial charge in [0.2, 0.25) is 0 Å². The average molecular weight is 213 g/mol. The van der Waals surface area contributed by atoms with E-state index in [-0.39, 0.29) is 11.8 Å². The zero-order valence-electron chi connectivity index (χ0n) is 8.12. The Bertz CT molecular complexity index is 263. The fourth-order valence-corrected chi connectivity index (χ4v) is 3.31. The first-order valence-electron chi connectivity index (χ1n) is 5.36. The smallest absolute Gasteiger partial charge is 0.188 e. The maximum Gasteiger partial charge on any atom is 0.188 e. The second-order valence-corrected chi connectivity index (χ2v) is 4.97. The van der Waals surface area contributed by atoms with Crippen molar-refractivity contribution >= 4 is 17.2 Å². The van der Waals surface area contributed by atoms with Gasteiger partial charge in [-0.05, 0) is 18.8 Å². The molecular formula is C10H15NO2S. The molecule has 3 aliphatic heterocycles. The molecule has 4 heteroatoms. The molecule has 0 amide bonds. The van der Waals surface area contributed by atoms with E-state index in [1.54, 1.807) is 0 Å².